The van der Waals surface area contributed by atoms with E-state index < -0.39 is 22.9 Å². The maximum absolute atomic E-state index is 13.5. The fraction of sp³-hybridized carbons (Fsp3) is 0.143. The summed E-state index contributed by atoms with van der Waals surface area (Å²) in [6, 6.07) is 4.12. The van der Waals surface area contributed by atoms with E-state index in [1.54, 1.807) is 0 Å². The van der Waals surface area contributed by atoms with Crippen molar-refractivity contribution in [1.29, 1.82) is 0 Å². The Morgan fingerprint density at radius 1 is 1.59 bits per heavy atom. The molecule has 0 bridgehead atoms. The second-order valence-electron chi connectivity index (χ2n) is 4.22. The van der Waals surface area contributed by atoms with Gasteiger partial charge in [0, 0.05) is 11.1 Å². The van der Waals surface area contributed by atoms with Crippen LogP contribution in [0.4, 0.5) is 4.39 Å². The smallest absolute Gasteiger partial charge is 0.305 e. The zero-order valence-corrected chi connectivity index (χ0v) is 11.9. The lowest BCUT2D eigenvalue weighted by molar-refractivity contribution is -0.138. The number of nitrogens with zero attached hydrogens (tertiary/aromatic N) is 2. The summed E-state index contributed by atoms with van der Waals surface area (Å²) < 4.78 is 13.5. The molecule has 2 rings (SSSR count). The van der Waals surface area contributed by atoms with E-state index in [9.17, 15) is 14.0 Å². The van der Waals surface area contributed by atoms with Crippen LogP contribution in [-0.4, -0.2) is 33.6 Å². The van der Waals surface area contributed by atoms with Crippen LogP contribution in [-0.2, 0) is 9.59 Å². The lowest BCUT2D eigenvalue weighted by atomic mass is 10.1. The third-order valence-corrected chi connectivity index (χ3v) is 3.72. The van der Waals surface area contributed by atoms with E-state index in [1.807, 2.05) is 0 Å². The van der Waals surface area contributed by atoms with Gasteiger partial charge in [-0.05, 0) is 18.2 Å². The Labute approximate surface area is 129 Å². The van der Waals surface area contributed by atoms with Crippen molar-refractivity contribution in [3.63, 3.8) is 0 Å². The molecule has 6 nitrogen and oxygen atoms in total. The highest BCUT2D eigenvalue weighted by Crippen LogP contribution is 2.22. The van der Waals surface area contributed by atoms with Gasteiger partial charge in [0.25, 0.3) is 0 Å². The standard InChI is InChI=1S/C14H10FN3O3S/c1-2-8-3-4-10(15)9(5-8)7-16-18-14-17-13(21)11(22-14)6-12(19)20/h1,3-5,7,11H,6H2,(H,19,20)(H,17,18,21). The van der Waals surface area contributed by atoms with Gasteiger partial charge in [-0.2, -0.15) is 5.10 Å². The van der Waals surface area contributed by atoms with Crippen molar-refractivity contribution in [2.24, 2.45) is 10.2 Å². The lowest BCUT2D eigenvalue weighted by Crippen LogP contribution is -2.26. The van der Waals surface area contributed by atoms with Crippen LogP contribution in [0.3, 0.4) is 0 Å². The maximum atomic E-state index is 13.5. The number of aliphatic carboxylic acids is 1. The Morgan fingerprint density at radius 2 is 2.36 bits per heavy atom. The zero-order chi connectivity index (χ0) is 16.1. The summed E-state index contributed by atoms with van der Waals surface area (Å²) in [6.07, 6.45) is 6.08. The molecule has 0 aromatic heterocycles. The van der Waals surface area contributed by atoms with Crippen molar-refractivity contribution in [3.8, 4) is 12.3 Å². The number of terminal acetylenes is 1. The lowest BCUT2D eigenvalue weighted by Gasteiger charge is -1.98. The summed E-state index contributed by atoms with van der Waals surface area (Å²) >= 11 is 0.963. The van der Waals surface area contributed by atoms with Gasteiger partial charge in [-0.15, -0.1) is 11.5 Å². The largest absolute Gasteiger partial charge is 0.481 e. The number of thioether (sulfide) groups is 1. The molecule has 1 atom stereocenters. The van der Waals surface area contributed by atoms with E-state index in [2.05, 4.69) is 21.4 Å². The van der Waals surface area contributed by atoms with Crippen LogP contribution < -0.4 is 5.32 Å². The molecule has 0 aliphatic carbocycles. The predicted octanol–water partition coefficient (Wildman–Crippen LogP) is 1.20. The first-order valence-electron chi connectivity index (χ1n) is 6.06. The summed E-state index contributed by atoms with van der Waals surface area (Å²) in [5.41, 5.74) is 0.664. The number of carbonyl (C=O) groups excluding carboxylic acids is 1. The van der Waals surface area contributed by atoms with Crippen molar-refractivity contribution >= 4 is 35.0 Å². The number of hydrogen-bond acceptors (Lipinski definition) is 5. The van der Waals surface area contributed by atoms with Gasteiger partial charge in [-0.25, -0.2) is 4.39 Å². The minimum absolute atomic E-state index is 0.163. The number of nitrogens with one attached hydrogen (secondary N) is 1. The predicted molar refractivity (Wildman–Crippen MR) is 81.1 cm³/mol. The number of rotatable bonds is 4. The fourth-order valence-electron chi connectivity index (χ4n) is 1.62. The molecule has 8 heteroatoms. The Bertz CT molecular complexity index is 725. The minimum atomic E-state index is -1.08. The second-order valence-corrected chi connectivity index (χ2v) is 5.42. The van der Waals surface area contributed by atoms with Gasteiger partial charge in [-0.3, -0.25) is 9.59 Å². The normalized spacial score (nSPS) is 19.4. The van der Waals surface area contributed by atoms with Crippen LogP contribution in [0.1, 0.15) is 17.5 Å². The van der Waals surface area contributed by atoms with Crippen molar-refractivity contribution in [3.05, 3.63) is 35.1 Å². The van der Waals surface area contributed by atoms with Crippen LogP contribution in [0, 0.1) is 18.2 Å². The van der Waals surface area contributed by atoms with Crippen molar-refractivity contribution in [1.82, 2.24) is 5.32 Å². The number of benzene rings is 1. The molecule has 1 fully saturated rings. The number of halogens is 1. The summed E-state index contributed by atoms with van der Waals surface area (Å²) in [5, 5.41) is 17.9. The Balaban J connectivity index is 2.08. The molecule has 1 aromatic rings. The molecule has 0 radical (unpaired) electrons. The van der Waals surface area contributed by atoms with Gasteiger partial charge in [0.05, 0.1) is 12.6 Å². The summed E-state index contributed by atoms with van der Waals surface area (Å²) in [4.78, 5) is 22.1. The molecule has 112 valence electrons. The number of carbonyl (C=O) groups is 2. The highest BCUT2D eigenvalue weighted by atomic mass is 32.2. The molecule has 0 saturated carbocycles. The van der Waals surface area contributed by atoms with E-state index in [1.165, 1.54) is 24.4 Å². The number of hydrogen-bond donors (Lipinski definition) is 2. The average molecular weight is 319 g/mol. The number of amidine groups is 1. The monoisotopic (exact) mass is 319 g/mol. The average Bonchev–Trinajstić information content (AvgIpc) is 2.80. The molecule has 22 heavy (non-hydrogen) atoms. The Hall–Kier alpha value is -2.66. The summed E-state index contributed by atoms with van der Waals surface area (Å²) in [6.45, 7) is 0. The molecule has 1 unspecified atom stereocenters. The number of carboxylic acid groups (broad SMARTS) is 1. The van der Waals surface area contributed by atoms with Gasteiger partial charge in [0.2, 0.25) is 5.91 Å². The van der Waals surface area contributed by atoms with E-state index in [0.717, 1.165) is 11.8 Å². The van der Waals surface area contributed by atoms with Crippen LogP contribution >= 0.6 is 11.8 Å². The van der Waals surface area contributed by atoms with Gasteiger partial charge in [0.1, 0.15) is 11.1 Å². The van der Waals surface area contributed by atoms with Crippen LogP contribution in [0.2, 0.25) is 0 Å². The van der Waals surface area contributed by atoms with Crippen molar-refractivity contribution in [2.45, 2.75) is 11.7 Å². The molecular weight excluding hydrogens is 309 g/mol. The third-order valence-electron chi connectivity index (χ3n) is 2.64. The first-order valence-corrected chi connectivity index (χ1v) is 6.94. The van der Waals surface area contributed by atoms with Crippen molar-refractivity contribution < 1.29 is 19.1 Å². The van der Waals surface area contributed by atoms with Gasteiger partial charge in [-0.1, -0.05) is 17.7 Å². The molecule has 1 amide bonds. The Kier molecular flexibility index (Phi) is 4.91. The highest BCUT2D eigenvalue weighted by molar-refractivity contribution is 8.15. The van der Waals surface area contributed by atoms with E-state index in [-0.39, 0.29) is 17.2 Å². The van der Waals surface area contributed by atoms with Gasteiger partial charge >= 0.3 is 5.97 Å². The molecule has 1 aliphatic rings. The SMILES string of the molecule is C#Cc1ccc(F)c(C=NN=C2NC(=O)C(CC(=O)O)S2)c1. The van der Waals surface area contributed by atoms with Crippen LogP contribution in [0.25, 0.3) is 0 Å². The first-order chi connectivity index (χ1) is 10.5. The molecule has 2 N–H and O–H groups in total. The first kappa shape index (κ1) is 15.7. The molecule has 0 spiro atoms. The van der Waals surface area contributed by atoms with Gasteiger partial charge in [0.15, 0.2) is 5.17 Å². The molecule has 1 heterocycles. The number of amides is 1. The minimum Gasteiger partial charge on any atom is -0.481 e. The van der Waals surface area contributed by atoms with E-state index in [0.29, 0.717) is 5.56 Å². The zero-order valence-electron chi connectivity index (χ0n) is 11.1. The van der Waals surface area contributed by atoms with Crippen LogP contribution in [0.15, 0.2) is 28.4 Å². The quantitative estimate of drug-likeness (QED) is 0.496. The molecule has 1 aromatic carbocycles. The van der Waals surface area contributed by atoms with E-state index in [4.69, 9.17) is 11.5 Å². The second kappa shape index (κ2) is 6.87. The van der Waals surface area contributed by atoms with Gasteiger partial charge < -0.3 is 10.4 Å². The maximum Gasteiger partial charge on any atom is 0.305 e. The molecule has 1 aliphatic heterocycles. The molecule has 1 saturated heterocycles. The van der Waals surface area contributed by atoms with Crippen molar-refractivity contribution in [2.75, 3.05) is 0 Å². The number of carboxylic acids is 1. The third kappa shape index (κ3) is 3.93. The molecular formula is C14H10FN3O3S. The highest BCUT2D eigenvalue weighted by Gasteiger charge is 2.32. The summed E-state index contributed by atoms with van der Waals surface area (Å²) in [5.74, 6) is 0.349. The topological polar surface area (TPSA) is 91.1 Å². The van der Waals surface area contributed by atoms with Crippen LogP contribution in [0.5, 0.6) is 0 Å². The van der Waals surface area contributed by atoms with E-state index >= 15 is 0 Å². The fourth-order valence-corrected chi connectivity index (χ4v) is 2.54. The summed E-state index contributed by atoms with van der Waals surface area (Å²) in [7, 11) is 0. The Morgan fingerprint density at radius 3 is 3.05 bits per heavy atom.